The minimum Gasteiger partial charge on any atom is -0.492 e. The average Bonchev–Trinajstić information content (AvgIpc) is 3.21. The van der Waals surface area contributed by atoms with E-state index in [2.05, 4.69) is 28.5 Å². The number of nitriles is 1. The number of ether oxygens (including phenoxy) is 1. The highest BCUT2D eigenvalue weighted by molar-refractivity contribution is 6.56. The number of halogens is 1. The van der Waals surface area contributed by atoms with Crippen molar-refractivity contribution >= 4 is 23.1 Å². The summed E-state index contributed by atoms with van der Waals surface area (Å²) in [5, 5.41) is 20.8. The number of allylic oxidation sites excluding steroid dienone is 1. The lowest BCUT2D eigenvalue weighted by Gasteiger charge is -2.13. The van der Waals surface area contributed by atoms with Crippen molar-refractivity contribution in [2.45, 2.75) is 31.6 Å². The van der Waals surface area contributed by atoms with Gasteiger partial charge in [-0.05, 0) is 43.4 Å². The molecule has 0 heterocycles. The van der Waals surface area contributed by atoms with Crippen molar-refractivity contribution in [2.24, 2.45) is 4.99 Å². The third-order valence-electron chi connectivity index (χ3n) is 5.15. The summed E-state index contributed by atoms with van der Waals surface area (Å²) in [4.78, 5) is 4.38. The number of hydrogen-bond donors (Lipinski definition) is 2. The average molecular weight is 421 g/mol. The predicted octanol–water partition coefficient (Wildman–Crippen LogP) is 5.38. The highest BCUT2D eigenvalue weighted by Crippen LogP contribution is 2.40. The highest BCUT2D eigenvalue weighted by Gasteiger charge is 2.28. The van der Waals surface area contributed by atoms with Gasteiger partial charge in [0.2, 0.25) is 0 Å². The first-order valence-corrected chi connectivity index (χ1v) is 10.5. The number of hydrogen-bond acceptors (Lipinski definition) is 4. The van der Waals surface area contributed by atoms with Crippen LogP contribution in [-0.2, 0) is 0 Å². The monoisotopic (exact) mass is 420 g/mol. The lowest BCUT2D eigenvalue weighted by Crippen LogP contribution is -2.25. The zero-order chi connectivity index (χ0) is 21.2. The Bertz CT molecular complexity index is 963. The third-order valence-corrected chi connectivity index (χ3v) is 5.25. The van der Waals surface area contributed by atoms with E-state index in [1.165, 1.54) is 11.2 Å². The van der Waals surface area contributed by atoms with Crippen LogP contribution in [0.25, 0.3) is 0 Å². The van der Waals surface area contributed by atoms with Crippen LogP contribution < -0.4 is 10.1 Å². The molecule has 154 valence electrons. The molecule has 2 aromatic rings. The van der Waals surface area contributed by atoms with E-state index >= 15 is 0 Å². The normalized spacial score (nSPS) is 15.9. The molecule has 0 bridgehead atoms. The fraction of sp³-hybridized carbons (Fsp3) is 0.292. The maximum Gasteiger partial charge on any atom is 0.137 e. The zero-order valence-corrected chi connectivity index (χ0v) is 17.5. The SMILES string of the molecule is N#Cc1ccccc1OCCCCNC(=N)C1=C(/N=C/Cl)C(c2ccccc2)CC1. The van der Waals surface area contributed by atoms with Gasteiger partial charge in [-0.3, -0.25) is 5.41 Å². The summed E-state index contributed by atoms with van der Waals surface area (Å²) in [5.74, 6) is 1.21. The van der Waals surface area contributed by atoms with Crippen LogP contribution in [0, 0.1) is 16.7 Å². The van der Waals surface area contributed by atoms with Crippen molar-refractivity contribution in [1.29, 1.82) is 10.7 Å². The van der Waals surface area contributed by atoms with Crippen LogP contribution in [0.2, 0.25) is 0 Å². The van der Waals surface area contributed by atoms with Crippen molar-refractivity contribution in [3.63, 3.8) is 0 Å². The molecule has 0 saturated carbocycles. The van der Waals surface area contributed by atoms with Crippen LogP contribution in [0.4, 0.5) is 0 Å². The first-order valence-electron chi connectivity index (χ1n) is 10.1. The molecule has 30 heavy (non-hydrogen) atoms. The lowest BCUT2D eigenvalue weighted by atomic mass is 9.96. The highest BCUT2D eigenvalue weighted by atomic mass is 35.5. The van der Waals surface area contributed by atoms with E-state index in [4.69, 9.17) is 27.0 Å². The quantitative estimate of drug-likeness (QED) is 0.324. The van der Waals surface area contributed by atoms with Crippen molar-refractivity contribution < 1.29 is 4.74 Å². The maximum atomic E-state index is 9.09. The molecule has 2 N–H and O–H groups in total. The number of aliphatic imine (C=N–C) groups is 1. The molecule has 0 saturated heterocycles. The van der Waals surface area contributed by atoms with Gasteiger partial charge in [0.15, 0.2) is 0 Å². The fourth-order valence-corrected chi connectivity index (χ4v) is 3.77. The van der Waals surface area contributed by atoms with Crippen LogP contribution >= 0.6 is 11.6 Å². The molecule has 1 unspecified atom stereocenters. The van der Waals surface area contributed by atoms with E-state index in [1.54, 1.807) is 12.1 Å². The standard InChI is InChI=1S/C24H25ClN4O/c25-17-29-23-20(18-8-2-1-3-9-18)12-13-21(23)24(27)28-14-6-7-15-30-22-11-5-4-10-19(22)16-26/h1-5,8-11,17,20H,6-7,12-15H2,(H2,27,28)/b29-17+. The number of nitrogens with one attached hydrogen (secondary N) is 2. The van der Waals surface area contributed by atoms with Gasteiger partial charge in [0.25, 0.3) is 0 Å². The van der Waals surface area contributed by atoms with Crippen LogP contribution in [0.5, 0.6) is 5.75 Å². The fourth-order valence-electron chi connectivity index (χ4n) is 3.66. The second-order valence-corrected chi connectivity index (χ2v) is 7.25. The zero-order valence-electron chi connectivity index (χ0n) is 16.8. The minimum atomic E-state index is 0.173. The number of rotatable bonds is 9. The molecule has 0 fully saturated rings. The molecular formula is C24H25ClN4O. The molecule has 2 aromatic carbocycles. The van der Waals surface area contributed by atoms with Gasteiger partial charge in [0.1, 0.15) is 17.7 Å². The Labute approximate surface area is 182 Å². The van der Waals surface area contributed by atoms with E-state index in [0.717, 1.165) is 37.0 Å². The van der Waals surface area contributed by atoms with E-state index in [1.807, 2.05) is 30.3 Å². The first kappa shape index (κ1) is 21.6. The van der Waals surface area contributed by atoms with Gasteiger partial charge in [-0.2, -0.15) is 5.26 Å². The van der Waals surface area contributed by atoms with E-state index < -0.39 is 0 Å². The van der Waals surface area contributed by atoms with Crippen molar-refractivity contribution in [1.82, 2.24) is 5.32 Å². The Balaban J connectivity index is 1.49. The van der Waals surface area contributed by atoms with Gasteiger partial charge in [0.05, 0.1) is 23.5 Å². The Hall–Kier alpha value is -3.10. The lowest BCUT2D eigenvalue weighted by molar-refractivity contribution is 0.306. The molecule has 1 aliphatic carbocycles. The molecule has 1 atom stereocenters. The molecule has 3 rings (SSSR count). The van der Waals surface area contributed by atoms with Gasteiger partial charge >= 0.3 is 0 Å². The second kappa shape index (κ2) is 11.2. The summed E-state index contributed by atoms with van der Waals surface area (Å²) in [7, 11) is 0. The molecular weight excluding hydrogens is 396 g/mol. The number of nitrogens with zero attached hydrogens (tertiary/aromatic N) is 2. The molecule has 0 amide bonds. The van der Waals surface area contributed by atoms with Gasteiger partial charge in [0, 0.05) is 18.0 Å². The first-order chi connectivity index (χ1) is 14.7. The van der Waals surface area contributed by atoms with Gasteiger partial charge in [-0.15, -0.1) is 0 Å². The summed E-state index contributed by atoms with van der Waals surface area (Å²) in [6.07, 6.45) is 3.43. The van der Waals surface area contributed by atoms with E-state index in [-0.39, 0.29) is 5.92 Å². The molecule has 0 aliphatic heterocycles. The Kier molecular flexibility index (Phi) is 8.05. The van der Waals surface area contributed by atoms with Crippen LogP contribution in [0.3, 0.4) is 0 Å². The smallest absolute Gasteiger partial charge is 0.137 e. The summed E-state index contributed by atoms with van der Waals surface area (Å²) in [6, 6.07) is 19.6. The molecule has 0 aromatic heterocycles. The van der Waals surface area contributed by atoms with Crippen LogP contribution in [0.1, 0.15) is 42.7 Å². The summed E-state index contributed by atoms with van der Waals surface area (Å²) in [5.41, 5.74) is 4.85. The van der Waals surface area contributed by atoms with Crippen molar-refractivity contribution in [2.75, 3.05) is 13.2 Å². The Morgan fingerprint density at radius 2 is 1.97 bits per heavy atom. The van der Waals surface area contributed by atoms with Gasteiger partial charge < -0.3 is 10.1 Å². The molecule has 0 spiro atoms. The number of unbranched alkanes of at least 4 members (excludes halogenated alkanes) is 1. The topological polar surface area (TPSA) is 81.3 Å². The van der Waals surface area contributed by atoms with Gasteiger partial charge in [-0.25, -0.2) is 4.99 Å². The van der Waals surface area contributed by atoms with Crippen LogP contribution in [-0.4, -0.2) is 24.7 Å². The second-order valence-electron chi connectivity index (χ2n) is 7.06. The van der Waals surface area contributed by atoms with Crippen molar-refractivity contribution in [3.05, 3.63) is 77.0 Å². The molecule has 5 nitrogen and oxygen atoms in total. The number of para-hydroxylation sites is 1. The molecule has 1 aliphatic rings. The van der Waals surface area contributed by atoms with Gasteiger partial charge in [-0.1, -0.05) is 54.1 Å². The maximum absolute atomic E-state index is 9.09. The number of amidine groups is 1. The predicted molar refractivity (Wildman–Crippen MR) is 121 cm³/mol. The molecule has 0 radical (unpaired) electrons. The van der Waals surface area contributed by atoms with Crippen LogP contribution in [0.15, 0.2) is 70.9 Å². The molecule has 6 heteroatoms. The third kappa shape index (κ3) is 5.49. The van der Waals surface area contributed by atoms with Crippen molar-refractivity contribution in [3.8, 4) is 11.8 Å². The summed E-state index contributed by atoms with van der Waals surface area (Å²) >= 11 is 5.79. The number of benzene rings is 2. The Morgan fingerprint density at radius 3 is 2.73 bits per heavy atom. The van der Waals surface area contributed by atoms with E-state index in [9.17, 15) is 0 Å². The minimum absolute atomic E-state index is 0.173. The Morgan fingerprint density at radius 1 is 1.20 bits per heavy atom. The summed E-state index contributed by atoms with van der Waals surface area (Å²) < 4.78 is 5.70. The largest absolute Gasteiger partial charge is 0.492 e. The summed E-state index contributed by atoms with van der Waals surface area (Å²) in [6.45, 7) is 1.22. The van der Waals surface area contributed by atoms with E-state index in [0.29, 0.717) is 30.3 Å².